The average molecular weight is 400 g/mol. The van der Waals surface area contributed by atoms with E-state index in [9.17, 15) is 4.79 Å². The largest absolute Gasteiger partial charge is 0.300 e. The molecule has 1 aromatic heterocycles. The van der Waals surface area contributed by atoms with Gasteiger partial charge in [-0.15, -0.1) is 0 Å². The van der Waals surface area contributed by atoms with Crippen molar-refractivity contribution in [2.24, 2.45) is 4.99 Å². The van der Waals surface area contributed by atoms with Gasteiger partial charge in [0.2, 0.25) is 0 Å². The van der Waals surface area contributed by atoms with Gasteiger partial charge in [0.25, 0.3) is 5.91 Å². The summed E-state index contributed by atoms with van der Waals surface area (Å²) < 4.78 is 0. The van der Waals surface area contributed by atoms with Gasteiger partial charge in [0.1, 0.15) is 5.69 Å². The minimum Gasteiger partial charge on any atom is -0.300 e. The van der Waals surface area contributed by atoms with Crippen LogP contribution in [-0.4, -0.2) is 16.1 Å². The number of benzene rings is 2. The van der Waals surface area contributed by atoms with Gasteiger partial charge < -0.3 is 5.32 Å². The molecular formula is C19H11Cl2N3OS. The molecule has 0 radical (unpaired) electrons. The van der Waals surface area contributed by atoms with Crippen LogP contribution in [0, 0.1) is 0 Å². The molecule has 0 spiro atoms. The lowest BCUT2D eigenvalue weighted by molar-refractivity contribution is -0.115. The summed E-state index contributed by atoms with van der Waals surface area (Å²) in [6.07, 6.45) is 3.58. The summed E-state index contributed by atoms with van der Waals surface area (Å²) in [5.41, 5.74) is 2.27. The molecule has 1 amide bonds. The number of amidine groups is 1. The van der Waals surface area contributed by atoms with E-state index >= 15 is 0 Å². The molecule has 26 heavy (non-hydrogen) atoms. The molecule has 1 N–H and O–H groups in total. The van der Waals surface area contributed by atoms with Crippen LogP contribution in [0.3, 0.4) is 0 Å². The SMILES string of the molecule is O=C1NC(=Nc2c(Cl)cccc2Cl)S/C1=C/c1ccc2ncccc2c1. The second-order valence-electron chi connectivity index (χ2n) is 5.51. The first-order chi connectivity index (χ1) is 12.6. The Bertz CT molecular complexity index is 1070. The van der Waals surface area contributed by atoms with Crippen molar-refractivity contribution in [2.45, 2.75) is 0 Å². The highest BCUT2D eigenvalue weighted by Gasteiger charge is 2.24. The van der Waals surface area contributed by atoms with Gasteiger partial charge in [-0.3, -0.25) is 9.78 Å². The van der Waals surface area contributed by atoms with Gasteiger partial charge in [-0.05, 0) is 53.7 Å². The number of rotatable bonds is 2. The van der Waals surface area contributed by atoms with Crippen molar-refractivity contribution < 1.29 is 4.79 Å². The fraction of sp³-hybridized carbons (Fsp3) is 0. The third-order valence-electron chi connectivity index (χ3n) is 3.73. The lowest BCUT2D eigenvalue weighted by Gasteiger charge is -2.01. The fourth-order valence-corrected chi connectivity index (χ4v) is 3.82. The Balaban J connectivity index is 1.65. The maximum atomic E-state index is 12.3. The van der Waals surface area contributed by atoms with Gasteiger partial charge in [-0.2, -0.15) is 0 Å². The standard InChI is InChI=1S/C19H11Cl2N3OS/c20-13-4-1-5-14(21)17(13)23-19-24-18(25)16(26-19)10-11-6-7-15-12(9-11)3-2-8-22-15/h1-10H,(H,23,24,25)/b16-10+. The minimum absolute atomic E-state index is 0.205. The molecule has 1 saturated heterocycles. The van der Waals surface area contributed by atoms with Gasteiger partial charge in [-0.25, -0.2) is 4.99 Å². The van der Waals surface area contributed by atoms with Crippen LogP contribution in [0.4, 0.5) is 5.69 Å². The van der Waals surface area contributed by atoms with Crippen molar-refractivity contribution in [1.82, 2.24) is 10.3 Å². The molecular weight excluding hydrogens is 389 g/mol. The molecule has 3 aromatic rings. The summed E-state index contributed by atoms with van der Waals surface area (Å²) in [4.78, 5) is 21.5. The number of nitrogens with one attached hydrogen (secondary N) is 1. The summed E-state index contributed by atoms with van der Waals surface area (Å²) in [6, 6.07) is 14.9. The molecule has 1 fully saturated rings. The quantitative estimate of drug-likeness (QED) is 0.584. The van der Waals surface area contributed by atoms with Crippen LogP contribution in [0.5, 0.6) is 0 Å². The number of aromatic nitrogens is 1. The summed E-state index contributed by atoms with van der Waals surface area (Å²) in [5.74, 6) is -0.205. The fourth-order valence-electron chi connectivity index (χ4n) is 2.51. The molecule has 0 unspecified atom stereocenters. The van der Waals surface area contributed by atoms with Crippen LogP contribution in [0.25, 0.3) is 17.0 Å². The summed E-state index contributed by atoms with van der Waals surface area (Å²) in [7, 11) is 0. The minimum atomic E-state index is -0.205. The summed E-state index contributed by atoms with van der Waals surface area (Å²) >= 11 is 13.5. The Hall–Kier alpha value is -2.34. The number of nitrogens with zero attached hydrogens (tertiary/aromatic N) is 2. The first-order valence-corrected chi connectivity index (χ1v) is 9.26. The van der Waals surface area contributed by atoms with E-state index in [1.807, 2.05) is 36.4 Å². The number of thioether (sulfide) groups is 1. The normalized spacial score (nSPS) is 17.2. The van der Waals surface area contributed by atoms with E-state index < -0.39 is 0 Å². The first-order valence-electron chi connectivity index (χ1n) is 7.68. The highest BCUT2D eigenvalue weighted by molar-refractivity contribution is 8.18. The van der Waals surface area contributed by atoms with Crippen molar-refractivity contribution in [3.8, 4) is 0 Å². The molecule has 0 aliphatic carbocycles. The second-order valence-corrected chi connectivity index (χ2v) is 7.35. The maximum absolute atomic E-state index is 12.3. The summed E-state index contributed by atoms with van der Waals surface area (Å²) in [5, 5.41) is 5.06. The van der Waals surface area contributed by atoms with E-state index in [0.717, 1.165) is 16.5 Å². The average Bonchev–Trinajstić information content (AvgIpc) is 2.97. The van der Waals surface area contributed by atoms with Crippen molar-refractivity contribution in [3.63, 3.8) is 0 Å². The molecule has 1 aliphatic rings. The molecule has 2 heterocycles. The molecule has 4 rings (SSSR count). The van der Waals surface area contributed by atoms with E-state index in [4.69, 9.17) is 23.2 Å². The highest BCUT2D eigenvalue weighted by Crippen LogP contribution is 2.35. The van der Waals surface area contributed by atoms with Gasteiger partial charge in [-0.1, -0.05) is 41.4 Å². The zero-order valence-corrected chi connectivity index (χ0v) is 15.6. The Morgan fingerprint density at radius 3 is 2.69 bits per heavy atom. The number of fused-ring (bicyclic) bond motifs is 1. The van der Waals surface area contributed by atoms with Gasteiger partial charge in [0.15, 0.2) is 5.17 Å². The van der Waals surface area contributed by atoms with Gasteiger partial charge in [0.05, 0.1) is 20.5 Å². The van der Waals surface area contributed by atoms with Crippen molar-refractivity contribution in [1.29, 1.82) is 0 Å². The van der Waals surface area contributed by atoms with Crippen molar-refractivity contribution in [2.75, 3.05) is 0 Å². The molecule has 2 aromatic carbocycles. The Morgan fingerprint density at radius 2 is 1.88 bits per heavy atom. The van der Waals surface area contributed by atoms with Crippen molar-refractivity contribution >= 4 is 68.7 Å². The van der Waals surface area contributed by atoms with Gasteiger partial charge in [0, 0.05) is 11.6 Å². The third-order valence-corrected chi connectivity index (χ3v) is 5.25. The number of carbonyl (C=O) groups is 1. The lowest BCUT2D eigenvalue weighted by atomic mass is 10.1. The van der Waals surface area contributed by atoms with Crippen LogP contribution in [0.1, 0.15) is 5.56 Å². The van der Waals surface area contributed by atoms with Crippen LogP contribution in [0.15, 0.2) is 64.6 Å². The molecule has 0 bridgehead atoms. The molecule has 1 aliphatic heterocycles. The van der Waals surface area contributed by atoms with Crippen LogP contribution >= 0.6 is 35.0 Å². The monoisotopic (exact) mass is 399 g/mol. The predicted octanol–water partition coefficient (Wildman–Crippen LogP) is 5.43. The number of carbonyl (C=O) groups excluding carboxylic acids is 1. The predicted molar refractivity (Wildman–Crippen MR) is 109 cm³/mol. The van der Waals surface area contributed by atoms with Crippen LogP contribution in [0.2, 0.25) is 10.0 Å². The zero-order valence-electron chi connectivity index (χ0n) is 13.2. The maximum Gasteiger partial charge on any atom is 0.264 e. The van der Waals surface area contributed by atoms with Gasteiger partial charge >= 0.3 is 0 Å². The smallest absolute Gasteiger partial charge is 0.264 e. The number of amides is 1. The van der Waals surface area contributed by atoms with E-state index in [0.29, 0.717) is 25.8 Å². The number of para-hydroxylation sites is 1. The van der Waals surface area contributed by atoms with Crippen LogP contribution < -0.4 is 5.32 Å². The highest BCUT2D eigenvalue weighted by atomic mass is 35.5. The number of pyridine rings is 1. The van der Waals surface area contributed by atoms with E-state index in [1.165, 1.54) is 11.8 Å². The summed E-state index contributed by atoms with van der Waals surface area (Å²) in [6.45, 7) is 0. The molecule has 128 valence electrons. The molecule has 4 nitrogen and oxygen atoms in total. The first kappa shape index (κ1) is 17.1. The van der Waals surface area contributed by atoms with E-state index in [2.05, 4.69) is 15.3 Å². The number of hydrogen-bond acceptors (Lipinski definition) is 4. The topological polar surface area (TPSA) is 54.4 Å². The molecule has 0 atom stereocenters. The lowest BCUT2D eigenvalue weighted by Crippen LogP contribution is -2.19. The van der Waals surface area contributed by atoms with Crippen LogP contribution in [-0.2, 0) is 4.79 Å². The Morgan fingerprint density at radius 1 is 1.08 bits per heavy atom. The van der Waals surface area contributed by atoms with E-state index in [1.54, 1.807) is 24.4 Å². The number of aliphatic imine (C=N–C) groups is 1. The molecule has 0 saturated carbocycles. The molecule has 7 heteroatoms. The second kappa shape index (κ2) is 7.11. The third kappa shape index (κ3) is 3.46. The van der Waals surface area contributed by atoms with Crippen molar-refractivity contribution in [3.05, 3.63) is 75.2 Å². The Labute approximate surface area is 163 Å². The zero-order chi connectivity index (χ0) is 18.1. The number of hydrogen-bond donors (Lipinski definition) is 1. The Kier molecular flexibility index (Phi) is 4.68. The number of halogens is 2. The van der Waals surface area contributed by atoms with E-state index in [-0.39, 0.29) is 5.91 Å².